The molecule has 0 unspecified atom stereocenters. The van der Waals surface area contributed by atoms with Crippen LogP contribution in [0.3, 0.4) is 0 Å². The highest BCUT2D eigenvalue weighted by Gasteiger charge is 2.10. The molecular weight excluding hydrogens is 310 g/mol. The van der Waals surface area contributed by atoms with Crippen LogP contribution >= 0.6 is 0 Å². The molecule has 1 amide bonds. The van der Waals surface area contributed by atoms with E-state index in [0.717, 1.165) is 0 Å². The molecule has 8 heteroatoms. The number of amides is 1. The molecule has 1 heterocycles. The van der Waals surface area contributed by atoms with Crippen LogP contribution in [0.2, 0.25) is 0 Å². The number of tetrazole rings is 1. The zero-order chi connectivity index (χ0) is 16.9. The smallest absolute Gasteiger partial charge is 0.337 e. The van der Waals surface area contributed by atoms with Gasteiger partial charge in [0.05, 0.1) is 18.4 Å². The van der Waals surface area contributed by atoms with Crippen LogP contribution in [0.5, 0.6) is 0 Å². The van der Waals surface area contributed by atoms with E-state index in [-0.39, 0.29) is 5.91 Å². The summed E-state index contributed by atoms with van der Waals surface area (Å²) in [5.41, 5.74) is 1.95. The summed E-state index contributed by atoms with van der Waals surface area (Å²) in [6.45, 7) is 0. The topological polar surface area (TPSA) is 99.0 Å². The van der Waals surface area contributed by atoms with Crippen LogP contribution in [0, 0.1) is 0 Å². The molecule has 0 aliphatic heterocycles. The van der Waals surface area contributed by atoms with Gasteiger partial charge >= 0.3 is 5.97 Å². The Labute approximate surface area is 137 Å². The average molecular weight is 323 g/mol. The van der Waals surface area contributed by atoms with E-state index in [4.69, 9.17) is 0 Å². The van der Waals surface area contributed by atoms with Gasteiger partial charge in [-0.15, -0.1) is 5.10 Å². The van der Waals surface area contributed by atoms with Crippen molar-refractivity contribution in [1.29, 1.82) is 0 Å². The zero-order valence-electron chi connectivity index (χ0n) is 12.7. The zero-order valence-corrected chi connectivity index (χ0v) is 12.7. The van der Waals surface area contributed by atoms with Crippen LogP contribution in [0.25, 0.3) is 5.69 Å². The molecule has 0 radical (unpaired) electrons. The second-order valence-corrected chi connectivity index (χ2v) is 4.83. The molecule has 2 aromatic carbocycles. The highest BCUT2D eigenvalue weighted by Crippen LogP contribution is 2.14. The number of benzene rings is 2. The first kappa shape index (κ1) is 15.3. The number of carbonyl (C=O) groups is 2. The van der Waals surface area contributed by atoms with Crippen LogP contribution in [0.1, 0.15) is 20.7 Å². The van der Waals surface area contributed by atoms with Gasteiger partial charge in [-0.3, -0.25) is 4.79 Å². The summed E-state index contributed by atoms with van der Waals surface area (Å²) in [5, 5.41) is 13.7. The largest absolute Gasteiger partial charge is 0.465 e. The Morgan fingerprint density at radius 2 is 1.88 bits per heavy atom. The minimum absolute atomic E-state index is 0.313. The fourth-order valence-corrected chi connectivity index (χ4v) is 2.11. The number of carbonyl (C=O) groups excluding carboxylic acids is 2. The normalized spacial score (nSPS) is 10.2. The maximum Gasteiger partial charge on any atom is 0.337 e. The van der Waals surface area contributed by atoms with E-state index in [0.29, 0.717) is 22.5 Å². The third-order valence-electron chi connectivity index (χ3n) is 3.26. The number of aromatic nitrogens is 4. The van der Waals surface area contributed by atoms with Crippen molar-refractivity contribution in [3.63, 3.8) is 0 Å². The Kier molecular flexibility index (Phi) is 4.28. The van der Waals surface area contributed by atoms with Gasteiger partial charge in [0, 0.05) is 11.3 Å². The molecule has 120 valence electrons. The molecule has 0 saturated heterocycles. The van der Waals surface area contributed by atoms with E-state index in [1.807, 2.05) is 0 Å². The maximum atomic E-state index is 12.4. The number of esters is 1. The van der Waals surface area contributed by atoms with Crippen molar-refractivity contribution in [2.45, 2.75) is 0 Å². The number of anilines is 1. The van der Waals surface area contributed by atoms with Gasteiger partial charge in [-0.1, -0.05) is 12.1 Å². The minimum Gasteiger partial charge on any atom is -0.465 e. The van der Waals surface area contributed by atoms with E-state index >= 15 is 0 Å². The fraction of sp³-hybridized carbons (Fsp3) is 0.0625. The number of methoxy groups -OCH3 is 1. The Hall–Kier alpha value is -3.55. The first-order valence-electron chi connectivity index (χ1n) is 7.00. The molecule has 24 heavy (non-hydrogen) atoms. The predicted molar refractivity (Wildman–Crippen MR) is 84.9 cm³/mol. The lowest BCUT2D eigenvalue weighted by Crippen LogP contribution is -2.13. The number of hydrogen-bond acceptors (Lipinski definition) is 6. The molecule has 0 aliphatic rings. The van der Waals surface area contributed by atoms with Crippen molar-refractivity contribution < 1.29 is 14.3 Å². The third kappa shape index (κ3) is 3.27. The molecule has 0 spiro atoms. The lowest BCUT2D eigenvalue weighted by Gasteiger charge is -2.08. The fourth-order valence-electron chi connectivity index (χ4n) is 2.11. The molecule has 0 aliphatic carbocycles. The van der Waals surface area contributed by atoms with Gasteiger partial charge in [-0.05, 0) is 46.8 Å². The van der Waals surface area contributed by atoms with E-state index in [2.05, 4.69) is 25.6 Å². The predicted octanol–water partition coefficient (Wildman–Crippen LogP) is 1.70. The molecule has 0 fully saturated rings. The lowest BCUT2D eigenvalue weighted by molar-refractivity contribution is 0.0600. The second kappa shape index (κ2) is 6.69. The maximum absolute atomic E-state index is 12.4. The molecule has 3 aromatic rings. The number of ether oxygens (including phenoxy) is 1. The highest BCUT2D eigenvalue weighted by atomic mass is 16.5. The number of nitrogens with one attached hydrogen (secondary N) is 1. The standard InChI is InChI=1S/C16H13N5O3/c1-24-16(23)12-5-2-6-13(8-12)18-15(22)11-4-3-7-14(9-11)21-10-17-19-20-21/h2-10H,1H3,(H,18,22). The van der Waals surface area contributed by atoms with Crippen molar-refractivity contribution in [3.8, 4) is 5.69 Å². The summed E-state index contributed by atoms with van der Waals surface area (Å²) >= 11 is 0. The van der Waals surface area contributed by atoms with Crippen molar-refractivity contribution in [2.75, 3.05) is 12.4 Å². The van der Waals surface area contributed by atoms with Gasteiger partial charge in [0.2, 0.25) is 0 Å². The Morgan fingerprint density at radius 1 is 1.08 bits per heavy atom. The molecule has 0 saturated carbocycles. The van der Waals surface area contributed by atoms with Gasteiger partial charge in [-0.2, -0.15) is 0 Å². The number of nitrogens with zero attached hydrogens (tertiary/aromatic N) is 4. The van der Waals surface area contributed by atoms with Crippen LogP contribution < -0.4 is 5.32 Å². The van der Waals surface area contributed by atoms with Crippen molar-refractivity contribution in [3.05, 3.63) is 66.0 Å². The summed E-state index contributed by atoms with van der Waals surface area (Å²) in [4.78, 5) is 23.9. The first-order valence-corrected chi connectivity index (χ1v) is 7.00. The Morgan fingerprint density at radius 3 is 2.62 bits per heavy atom. The van der Waals surface area contributed by atoms with Crippen LogP contribution in [-0.2, 0) is 4.74 Å². The van der Waals surface area contributed by atoms with Gasteiger partial charge in [-0.25, -0.2) is 9.48 Å². The van der Waals surface area contributed by atoms with Crippen LogP contribution in [0.15, 0.2) is 54.9 Å². The van der Waals surface area contributed by atoms with Gasteiger partial charge in [0.25, 0.3) is 5.91 Å². The summed E-state index contributed by atoms with van der Waals surface area (Å²) in [7, 11) is 1.30. The first-order chi connectivity index (χ1) is 11.7. The molecule has 0 bridgehead atoms. The van der Waals surface area contributed by atoms with E-state index in [1.54, 1.807) is 48.5 Å². The SMILES string of the molecule is COC(=O)c1cccc(NC(=O)c2cccc(-n3cnnn3)c2)c1. The average Bonchev–Trinajstić information content (AvgIpc) is 3.16. The molecular formula is C16H13N5O3. The third-order valence-corrected chi connectivity index (χ3v) is 3.26. The van der Waals surface area contributed by atoms with Gasteiger partial charge < -0.3 is 10.1 Å². The summed E-state index contributed by atoms with van der Waals surface area (Å²) in [6, 6.07) is 13.4. The quantitative estimate of drug-likeness (QED) is 0.734. The Balaban J connectivity index is 1.81. The Bertz CT molecular complexity index is 877. The summed E-state index contributed by atoms with van der Waals surface area (Å²) < 4.78 is 6.12. The number of hydrogen-bond donors (Lipinski definition) is 1. The summed E-state index contributed by atoms with van der Waals surface area (Å²) in [6.07, 6.45) is 1.44. The molecule has 1 aromatic heterocycles. The summed E-state index contributed by atoms with van der Waals surface area (Å²) in [5.74, 6) is -0.779. The van der Waals surface area contributed by atoms with Crippen molar-refractivity contribution in [1.82, 2.24) is 20.2 Å². The minimum atomic E-state index is -0.466. The van der Waals surface area contributed by atoms with E-state index < -0.39 is 5.97 Å². The second-order valence-electron chi connectivity index (χ2n) is 4.83. The molecule has 8 nitrogen and oxygen atoms in total. The number of rotatable bonds is 4. The molecule has 0 atom stereocenters. The highest BCUT2D eigenvalue weighted by molar-refractivity contribution is 6.05. The van der Waals surface area contributed by atoms with E-state index in [1.165, 1.54) is 18.1 Å². The van der Waals surface area contributed by atoms with Crippen LogP contribution in [0.4, 0.5) is 5.69 Å². The lowest BCUT2D eigenvalue weighted by atomic mass is 10.1. The van der Waals surface area contributed by atoms with E-state index in [9.17, 15) is 9.59 Å². The van der Waals surface area contributed by atoms with Gasteiger partial charge in [0.1, 0.15) is 6.33 Å². The van der Waals surface area contributed by atoms with Crippen LogP contribution in [-0.4, -0.2) is 39.2 Å². The molecule has 3 rings (SSSR count). The van der Waals surface area contributed by atoms with Crippen molar-refractivity contribution in [2.24, 2.45) is 0 Å². The monoisotopic (exact) mass is 323 g/mol. The molecule has 1 N–H and O–H groups in total. The van der Waals surface area contributed by atoms with Gasteiger partial charge in [0.15, 0.2) is 0 Å². The van der Waals surface area contributed by atoms with Crippen molar-refractivity contribution >= 4 is 17.6 Å².